The number of aromatic nitrogens is 2. The first-order valence-corrected chi connectivity index (χ1v) is 6.04. The second-order valence-corrected chi connectivity index (χ2v) is 4.89. The second kappa shape index (κ2) is 6.35. The van der Waals surface area contributed by atoms with Crippen LogP contribution in [-0.4, -0.2) is 36.5 Å². The summed E-state index contributed by atoms with van der Waals surface area (Å²) >= 11 is 0. The third-order valence-corrected chi connectivity index (χ3v) is 2.51. The fourth-order valence-electron chi connectivity index (χ4n) is 1.40. The minimum absolute atomic E-state index is 0.105. The van der Waals surface area contributed by atoms with Crippen LogP contribution in [0.25, 0.3) is 0 Å². The van der Waals surface area contributed by atoms with E-state index in [1.54, 1.807) is 12.3 Å². The molecule has 5 heteroatoms. The molecular formula is C13H22N4O. The Labute approximate surface area is 108 Å². The summed E-state index contributed by atoms with van der Waals surface area (Å²) in [5.74, 6) is 0. The van der Waals surface area contributed by atoms with Gasteiger partial charge in [0.25, 0.3) is 5.56 Å². The second-order valence-electron chi connectivity index (χ2n) is 4.89. The standard InChI is InChI=1S/C13H22N4O/c1-10(2)14-7-11(3)9-17-13(18)6-12(8-15-17)16(4)5/h6,8,10,14H,3,7,9H2,1-2,4-5H3. The predicted molar refractivity (Wildman–Crippen MR) is 75.1 cm³/mol. The highest BCUT2D eigenvalue weighted by atomic mass is 16.1. The van der Waals surface area contributed by atoms with E-state index in [1.165, 1.54) is 4.68 Å². The third kappa shape index (κ3) is 4.33. The van der Waals surface area contributed by atoms with E-state index < -0.39 is 0 Å². The van der Waals surface area contributed by atoms with Crippen LogP contribution in [0.5, 0.6) is 0 Å². The van der Waals surface area contributed by atoms with Gasteiger partial charge in [-0.25, -0.2) is 4.68 Å². The quantitative estimate of drug-likeness (QED) is 0.761. The number of nitrogens with zero attached hydrogens (tertiary/aromatic N) is 3. The van der Waals surface area contributed by atoms with Gasteiger partial charge in [-0.05, 0) is 5.57 Å². The van der Waals surface area contributed by atoms with Crippen molar-refractivity contribution in [2.75, 3.05) is 25.5 Å². The Bertz CT molecular complexity index is 462. The van der Waals surface area contributed by atoms with Gasteiger partial charge in [0.15, 0.2) is 0 Å². The highest BCUT2D eigenvalue weighted by molar-refractivity contribution is 5.40. The molecule has 0 radical (unpaired) electrons. The van der Waals surface area contributed by atoms with Crippen molar-refractivity contribution in [1.29, 1.82) is 0 Å². The van der Waals surface area contributed by atoms with Gasteiger partial charge in [-0.15, -0.1) is 0 Å². The van der Waals surface area contributed by atoms with Gasteiger partial charge in [0.1, 0.15) is 0 Å². The third-order valence-electron chi connectivity index (χ3n) is 2.51. The summed E-state index contributed by atoms with van der Waals surface area (Å²) in [5, 5.41) is 7.40. The molecule has 1 rings (SSSR count). The summed E-state index contributed by atoms with van der Waals surface area (Å²) in [5.41, 5.74) is 1.64. The predicted octanol–water partition coefficient (Wildman–Crippen LogP) is 0.863. The zero-order chi connectivity index (χ0) is 13.7. The highest BCUT2D eigenvalue weighted by Crippen LogP contribution is 2.04. The normalized spacial score (nSPS) is 10.7. The fraction of sp³-hybridized carbons (Fsp3) is 0.538. The number of rotatable bonds is 6. The van der Waals surface area contributed by atoms with Crippen molar-refractivity contribution in [3.8, 4) is 0 Å². The molecule has 0 bridgehead atoms. The van der Waals surface area contributed by atoms with Crippen molar-refractivity contribution in [3.63, 3.8) is 0 Å². The maximum absolute atomic E-state index is 11.8. The Morgan fingerprint density at radius 3 is 2.72 bits per heavy atom. The van der Waals surface area contributed by atoms with Crippen molar-refractivity contribution in [3.05, 3.63) is 34.8 Å². The lowest BCUT2D eigenvalue weighted by molar-refractivity contribution is 0.574. The molecule has 0 aromatic carbocycles. The molecule has 1 aromatic rings. The van der Waals surface area contributed by atoms with Crippen LogP contribution < -0.4 is 15.8 Å². The van der Waals surface area contributed by atoms with Gasteiger partial charge in [-0.3, -0.25) is 4.79 Å². The Balaban J connectivity index is 2.68. The Kier molecular flexibility index (Phi) is 5.09. The van der Waals surface area contributed by atoms with E-state index >= 15 is 0 Å². The molecule has 0 unspecified atom stereocenters. The first kappa shape index (κ1) is 14.4. The molecule has 0 saturated heterocycles. The smallest absolute Gasteiger partial charge is 0.269 e. The zero-order valence-electron chi connectivity index (χ0n) is 11.6. The van der Waals surface area contributed by atoms with Crippen LogP contribution >= 0.6 is 0 Å². The molecule has 100 valence electrons. The maximum atomic E-state index is 11.8. The summed E-state index contributed by atoms with van der Waals surface area (Å²) in [6, 6.07) is 1.98. The van der Waals surface area contributed by atoms with Crippen LogP contribution in [0.15, 0.2) is 29.2 Å². The minimum Gasteiger partial charge on any atom is -0.376 e. The summed E-state index contributed by atoms with van der Waals surface area (Å²) < 4.78 is 1.43. The first-order valence-electron chi connectivity index (χ1n) is 6.04. The molecule has 0 atom stereocenters. The molecule has 1 aromatic heterocycles. The molecule has 0 spiro atoms. The van der Waals surface area contributed by atoms with E-state index in [1.807, 2.05) is 19.0 Å². The number of hydrogen-bond donors (Lipinski definition) is 1. The monoisotopic (exact) mass is 250 g/mol. The fourth-order valence-corrected chi connectivity index (χ4v) is 1.40. The number of hydrogen-bond acceptors (Lipinski definition) is 4. The minimum atomic E-state index is -0.105. The average Bonchev–Trinajstić information content (AvgIpc) is 2.29. The van der Waals surface area contributed by atoms with Crippen LogP contribution in [0.2, 0.25) is 0 Å². The molecule has 0 aliphatic rings. The molecular weight excluding hydrogens is 228 g/mol. The van der Waals surface area contributed by atoms with Gasteiger partial charge in [0.05, 0.1) is 18.4 Å². The number of anilines is 1. The van der Waals surface area contributed by atoms with E-state index in [9.17, 15) is 4.79 Å². The van der Waals surface area contributed by atoms with Gasteiger partial charge in [-0.1, -0.05) is 20.4 Å². The van der Waals surface area contributed by atoms with E-state index in [0.717, 1.165) is 11.3 Å². The van der Waals surface area contributed by atoms with Gasteiger partial charge in [0.2, 0.25) is 0 Å². The zero-order valence-corrected chi connectivity index (χ0v) is 11.6. The SMILES string of the molecule is C=C(CNC(C)C)Cn1ncc(N(C)C)cc1=O. The molecule has 1 heterocycles. The van der Waals surface area contributed by atoms with Crippen molar-refractivity contribution in [2.24, 2.45) is 0 Å². The summed E-state index contributed by atoms with van der Waals surface area (Å²) in [7, 11) is 3.76. The average molecular weight is 250 g/mol. The lowest BCUT2D eigenvalue weighted by Gasteiger charge is -2.14. The van der Waals surface area contributed by atoms with Crippen LogP contribution in [0.1, 0.15) is 13.8 Å². The van der Waals surface area contributed by atoms with Crippen LogP contribution in [0.3, 0.4) is 0 Å². The van der Waals surface area contributed by atoms with E-state index in [0.29, 0.717) is 19.1 Å². The van der Waals surface area contributed by atoms with Crippen LogP contribution in [0.4, 0.5) is 5.69 Å². The van der Waals surface area contributed by atoms with Crippen molar-refractivity contribution < 1.29 is 0 Å². The van der Waals surface area contributed by atoms with E-state index in [-0.39, 0.29) is 5.56 Å². The maximum Gasteiger partial charge on any atom is 0.269 e. The van der Waals surface area contributed by atoms with Crippen LogP contribution in [-0.2, 0) is 6.54 Å². The highest BCUT2D eigenvalue weighted by Gasteiger charge is 2.04. The molecule has 0 aliphatic heterocycles. The largest absolute Gasteiger partial charge is 0.376 e. The molecule has 0 saturated carbocycles. The summed E-state index contributed by atoms with van der Waals surface area (Å²) in [4.78, 5) is 13.7. The lowest BCUT2D eigenvalue weighted by Crippen LogP contribution is -2.29. The van der Waals surface area contributed by atoms with Crippen molar-refractivity contribution in [1.82, 2.24) is 15.1 Å². The molecule has 0 aliphatic carbocycles. The molecule has 5 nitrogen and oxygen atoms in total. The molecule has 18 heavy (non-hydrogen) atoms. The van der Waals surface area contributed by atoms with Gasteiger partial charge >= 0.3 is 0 Å². The van der Waals surface area contributed by atoms with Gasteiger partial charge < -0.3 is 10.2 Å². The topological polar surface area (TPSA) is 50.2 Å². The van der Waals surface area contributed by atoms with Gasteiger partial charge in [-0.2, -0.15) is 5.10 Å². The first-order chi connectivity index (χ1) is 8.40. The molecule has 0 amide bonds. The van der Waals surface area contributed by atoms with Gasteiger partial charge in [0, 0.05) is 32.7 Å². The Hall–Kier alpha value is -1.62. The van der Waals surface area contributed by atoms with Crippen molar-refractivity contribution >= 4 is 5.69 Å². The Morgan fingerprint density at radius 1 is 1.56 bits per heavy atom. The van der Waals surface area contributed by atoms with Crippen LogP contribution in [0, 0.1) is 0 Å². The van der Waals surface area contributed by atoms with E-state index in [2.05, 4.69) is 30.8 Å². The van der Waals surface area contributed by atoms with Crippen molar-refractivity contribution in [2.45, 2.75) is 26.4 Å². The number of nitrogens with one attached hydrogen (secondary N) is 1. The molecule has 0 fully saturated rings. The summed E-state index contributed by atoms with van der Waals surface area (Å²) in [6.07, 6.45) is 1.69. The lowest BCUT2D eigenvalue weighted by atomic mass is 10.2. The molecule has 1 N–H and O–H groups in total. The van der Waals surface area contributed by atoms with E-state index in [4.69, 9.17) is 0 Å². The summed E-state index contributed by atoms with van der Waals surface area (Å²) in [6.45, 7) is 9.24. The Morgan fingerprint density at radius 2 is 2.22 bits per heavy atom.